The number of aryl methyl sites for hydroxylation is 1. The van der Waals surface area contributed by atoms with Gasteiger partial charge < -0.3 is 14.4 Å². The van der Waals surface area contributed by atoms with Crippen LogP contribution in [0.1, 0.15) is 37.7 Å². The van der Waals surface area contributed by atoms with Crippen molar-refractivity contribution in [1.82, 2.24) is 4.90 Å². The number of likely N-dealkylation sites (tertiary alicyclic amines) is 1. The van der Waals surface area contributed by atoms with Gasteiger partial charge in [-0.25, -0.2) is 5.01 Å². The largest absolute Gasteiger partial charge is 0.348 e. The number of hydrazone groups is 1. The van der Waals surface area contributed by atoms with Crippen LogP contribution in [-0.4, -0.2) is 54.5 Å². The predicted octanol–water partition coefficient (Wildman–Crippen LogP) is 2.23. The van der Waals surface area contributed by atoms with Crippen LogP contribution in [0.15, 0.2) is 29.4 Å². The average molecular weight is 371 g/mol. The molecule has 1 unspecified atom stereocenters. The van der Waals surface area contributed by atoms with Crippen molar-refractivity contribution < 1.29 is 19.1 Å². The number of carbonyl (C=O) groups excluding carboxylic acids is 2. The third kappa shape index (κ3) is 3.75. The molecule has 2 fully saturated rings. The maximum absolute atomic E-state index is 13.2. The molecule has 2 amide bonds. The molecular weight excluding hydrogens is 346 g/mol. The van der Waals surface area contributed by atoms with E-state index in [-0.39, 0.29) is 30.6 Å². The number of anilines is 1. The molecule has 3 heterocycles. The fraction of sp³-hybridized carbons (Fsp3) is 0.550. The third-order valence-corrected chi connectivity index (χ3v) is 5.30. The SMILES string of the molecule is Cc1cccc(N2N=C(C(=O)N3CCCCC3C3OCCO3)CCC2=O)c1. The Kier molecular flexibility index (Phi) is 5.22. The van der Waals surface area contributed by atoms with Crippen LogP contribution in [-0.2, 0) is 19.1 Å². The first-order valence-electron chi connectivity index (χ1n) is 9.65. The van der Waals surface area contributed by atoms with Crippen molar-refractivity contribution in [3.05, 3.63) is 29.8 Å². The van der Waals surface area contributed by atoms with E-state index < -0.39 is 0 Å². The highest BCUT2D eigenvalue weighted by Crippen LogP contribution is 2.27. The fourth-order valence-electron chi connectivity index (χ4n) is 3.93. The Morgan fingerprint density at radius 1 is 1.19 bits per heavy atom. The molecule has 1 aromatic carbocycles. The summed E-state index contributed by atoms with van der Waals surface area (Å²) in [7, 11) is 0. The second-order valence-electron chi connectivity index (χ2n) is 7.26. The minimum Gasteiger partial charge on any atom is -0.348 e. The summed E-state index contributed by atoms with van der Waals surface area (Å²) in [5.41, 5.74) is 2.17. The lowest BCUT2D eigenvalue weighted by atomic mass is 10.00. The summed E-state index contributed by atoms with van der Waals surface area (Å²) >= 11 is 0. The van der Waals surface area contributed by atoms with Crippen LogP contribution < -0.4 is 5.01 Å². The van der Waals surface area contributed by atoms with Gasteiger partial charge in [-0.2, -0.15) is 5.10 Å². The van der Waals surface area contributed by atoms with E-state index in [1.165, 1.54) is 5.01 Å². The van der Waals surface area contributed by atoms with E-state index in [0.717, 1.165) is 24.8 Å². The second kappa shape index (κ2) is 7.78. The van der Waals surface area contributed by atoms with E-state index in [0.29, 0.717) is 37.6 Å². The number of hydrogen-bond acceptors (Lipinski definition) is 5. The van der Waals surface area contributed by atoms with Gasteiger partial charge in [-0.3, -0.25) is 9.59 Å². The molecule has 1 aromatic rings. The lowest BCUT2D eigenvalue weighted by molar-refractivity contribution is -0.144. The van der Waals surface area contributed by atoms with Gasteiger partial charge in [0.05, 0.1) is 24.9 Å². The summed E-state index contributed by atoms with van der Waals surface area (Å²) in [4.78, 5) is 27.4. The molecule has 0 radical (unpaired) electrons. The smallest absolute Gasteiger partial charge is 0.270 e. The Hall–Kier alpha value is -2.25. The van der Waals surface area contributed by atoms with E-state index in [2.05, 4.69) is 5.10 Å². The van der Waals surface area contributed by atoms with Crippen LogP contribution in [0.5, 0.6) is 0 Å². The molecule has 3 aliphatic heterocycles. The summed E-state index contributed by atoms with van der Waals surface area (Å²) < 4.78 is 11.3. The molecule has 3 aliphatic rings. The minimum atomic E-state index is -0.354. The molecule has 0 bridgehead atoms. The molecule has 2 saturated heterocycles. The predicted molar refractivity (Wildman–Crippen MR) is 100 cm³/mol. The van der Waals surface area contributed by atoms with E-state index in [9.17, 15) is 9.59 Å². The summed E-state index contributed by atoms with van der Waals surface area (Å²) in [6, 6.07) is 7.51. The summed E-state index contributed by atoms with van der Waals surface area (Å²) in [5, 5.41) is 5.80. The van der Waals surface area contributed by atoms with E-state index in [4.69, 9.17) is 9.47 Å². The molecule has 27 heavy (non-hydrogen) atoms. The Balaban J connectivity index is 1.58. The average Bonchev–Trinajstić information content (AvgIpc) is 3.22. The quantitative estimate of drug-likeness (QED) is 0.817. The van der Waals surface area contributed by atoms with Crippen molar-refractivity contribution in [1.29, 1.82) is 0 Å². The van der Waals surface area contributed by atoms with Gasteiger partial charge in [0.2, 0.25) is 5.91 Å². The number of benzene rings is 1. The molecule has 7 heteroatoms. The van der Waals surface area contributed by atoms with Gasteiger partial charge in [0.1, 0.15) is 5.71 Å². The van der Waals surface area contributed by atoms with E-state index in [1.807, 2.05) is 36.1 Å². The van der Waals surface area contributed by atoms with Crippen molar-refractivity contribution in [3.8, 4) is 0 Å². The zero-order valence-electron chi connectivity index (χ0n) is 15.6. The number of hydrogen-bond donors (Lipinski definition) is 0. The lowest BCUT2D eigenvalue weighted by Crippen LogP contribution is -2.53. The van der Waals surface area contributed by atoms with Gasteiger partial charge in [-0.05, 0) is 43.9 Å². The monoisotopic (exact) mass is 371 g/mol. The van der Waals surface area contributed by atoms with Crippen molar-refractivity contribution in [3.63, 3.8) is 0 Å². The number of carbonyl (C=O) groups is 2. The first-order valence-corrected chi connectivity index (χ1v) is 9.65. The second-order valence-corrected chi connectivity index (χ2v) is 7.26. The van der Waals surface area contributed by atoms with Gasteiger partial charge >= 0.3 is 0 Å². The van der Waals surface area contributed by atoms with Gasteiger partial charge in [0.25, 0.3) is 5.91 Å². The Morgan fingerprint density at radius 3 is 2.78 bits per heavy atom. The normalized spacial score (nSPS) is 24.3. The topological polar surface area (TPSA) is 71.4 Å². The van der Waals surface area contributed by atoms with Gasteiger partial charge in [0.15, 0.2) is 6.29 Å². The highest BCUT2D eigenvalue weighted by atomic mass is 16.7. The molecule has 0 aliphatic carbocycles. The number of rotatable bonds is 3. The zero-order chi connectivity index (χ0) is 18.8. The number of nitrogens with zero attached hydrogens (tertiary/aromatic N) is 3. The first-order chi connectivity index (χ1) is 13.1. The Labute approximate surface area is 158 Å². The maximum Gasteiger partial charge on any atom is 0.270 e. The molecule has 0 spiro atoms. The molecular formula is C20H25N3O4. The number of ether oxygens (including phenoxy) is 2. The number of piperidine rings is 1. The maximum atomic E-state index is 13.2. The first kappa shape index (κ1) is 18.1. The third-order valence-electron chi connectivity index (χ3n) is 5.30. The fourth-order valence-corrected chi connectivity index (χ4v) is 3.93. The van der Waals surface area contributed by atoms with Crippen LogP contribution in [0.3, 0.4) is 0 Å². The zero-order valence-corrected chi connectivity index (χ0v) is 15.6. The van der Waals surface area contributed by atoms with E-state index in [1.54, 1.807) is 0 Å². The summed E-state index contributed by atoms with van der Waals surface area (Å²) in [6.07, 6.45) is 3.18. The summed E-state index contributed by atoms with van der Waals surface area (Å²) in [5.74, 6) is -0.196. The van der Waals surface area contributed by atoms with Gasteiger partial charge in [-0.1, -0.05) is 12.1 Å². The molecule has 1 atom stereocenters. The molecule has 7 nitrogen and oxygen atoms in total. The van der Waals surface area contributed by atoms with Crippen molar-refractivity contribution in [2.45, 2.75) is 51.4 Å². The van der Waals surface area contributed by atoms with Crippen molar-refractivity contribution >= 4 is 23.2 Å². The summed E-state index contributed by atoms with van der Waals surface area (Å²) in [6.45, 7) is 3.78. The van der Waals surface area contributed by atoms with Crippen LogP contribution in [0.2, 0.25) is 0 Å². The number of amides is 2. The van der Waals surface area contributed by atoms with Crippen LogP contribution in [0, 0.1) is 6.92 Å². The standard InChI is InChI=1S/C20H25N3O4/c1-14-5-4-6-15(13-14)23-18(24)9-8-16(21-23)19(25)22-10-3-2-7-17(22)20-26-11-12-27-20/h4-6,13,17,20H,2-3,7-12H2,1H3. The van der Waals surface area contributed by atoms with E-state index >= 15 is 0 Å². The Bertz CT molecular complexity index is 757. The Morgan fingerprint density at radius 2 is 2.00 bits per heavy atom. The molecule has 0 aromatic heterocycles. The van der Waals surface area contributed by atoms with Crippen molar-refractivity contribution in [2.75, 3.05) is 24.8 Å². The molecule has 0 saturated carbocycles. The minimum absolute atomic E-state index is 0.0819. The van der Waals surface area contributed by atoms with Gasteiger partial charge in [-0.15, -0.1) is 0 Å². The van der Waals surface area contributed by atoms with Crippen LogP contribution in [0.4, 0.5) is 5.69 Å². The van der Waals surface area contributed by atoms with Crippen molar-refractivity contribution in [2.24, 2.45) is 5.10 Å². The lowest BCUT2D eigenvalue weighted by Gasteiger charge is -2.38. The highest BCUT2D eigenvalue weighted by molar-refractivity contribution is 6.40. The van der Waals surface area contributed by atoms with Gasteiger partial charge in [0, 0.05) is 19.4 Å². The van der Waals surface area contributed by atoms with Crippen LogP contribution in [0.25, 0.3) is 0 Å². The molecule has 4 rings (SSSR count). The highest BCUT2D eigenvalue weighted by Gasteiger charge is 2.38. The molecule has 0 N–H and O–H groups in total. The van der Waals surface area contributed by atoms with Crippen LogP contribution >= 0.6 is 0 Å². The molecule has 144 valence electrons.